The molecule has 0 saturated heterocycles. The first-order chi connectivity index (χ1) is 6.64. The van der Waals surface area contributed by atoms with Crippen LogP contribution in [-0.4, -0.2) is 13.3 Å². The van der Waals surface area contributed by atoms with Gasteiger partial charge in [0.15, 0.2) is 0 Å². The van der Waals surface area contributed by atoms with Gasteiger partial charge in [0.1, 0.15) is 0 Å². The van der Waals surface area contributed by atoms with Gasteiger partial charge in [-0.2, -0.15) is 0 Å². The molecule has 0 fully saturated rings. The van der Waals surface area contributed by atoms with Crippen molar-refractivity contribution >= 4 is 6.21 Å². The first-order valence-corrected chi connectivity index (χ1v) is 5.44. The van der Waals surface area contributed by atoms with Crippen LogP contribution in [0, 0.1) is 10.8 Å². The summed E-state index contributed by atoms with van der Waals surface area (Å²) < 4.78 is 0. The highest BCUT2D eigenvalue weighted by atomic mass is 14.6. The average Bonchev–Trinajstić information content (AvgIpc) is 2.00. The summed E-state index contributed by atoms with van der Waals surface area (Å²) in [4.78, 5) is 4.15. The molecule has 86 valence electrons. The molecule has 0 aliphatic rings. The largest absolute Gasteiger partial charge is 0.296 e. The molecule has 15 heavy (non-hydrogen) atoms. The second-order valence-electron chi connectivity index (χ2n) is 5.92. The van der Waals surface area contributed by atoms with E-state index in [1.807, 2.05) is 19.3 Å². The molecule has 0 atom stereocenters. The van der Waals surface area contributed by atoms with E-state index >= 15 is 0 Å². The summed E-state index contributed by atoms with van der Waals surface area (Å²) in [7, 11) is 1.81. The van der Waals surface area contributed by atoms with Gasteiger partial charge in [0.25, 0.3) is 0 Å². The van der Waals surface area contributed by atoms with Gasteiger partial charge in [0.05, 0.1) is 0 Å². The summed E-state index contributed by atoms with van der Waals surface area (Å²) in [6, 6.07) is 0. The third-order valence-corrected chi connectivity index (χ3v) is 2.37. The molecule has 1 heteroatoms. The van der Waals surface area contributed by atoms with E-state index in [-0.39, 0.29) is 10.8 Å². The molecule has 0 amide bonds. The Labute approximate surface area is 95.0 Å². The van der Waals surface area contributed by atoms with Crippen molar-refractivity contribution in [2.24, 2.45) is 15.8 Å². The molecule has 0 rings (SSSR count). The molecule has 0 aliphatic heterocycles. The summed E-state index contributed by atoms with van der Waals surface area (Å²) in [5.74, 6) is 0. The van der Waals surface area contributed by atoms with Gasteiger partial charge in [-0.25, -0.2) is 0 Å². The van der Waals surface area contributed by atoms with Crippen LogP contribution in [-0.2, 0) is 0 Å². The monoisotopic (exact) mass is 207 g/mol. The Morgan fingerprint density at radius 3 is 1.53 bits per heavy atom. The summed E-state index contributed by atoms with van der Waals surface area (Å²) in [5.41, 5.74) is 2.77. The molecule has 0 aliphatic carbocycles. The van der Waals surface area contributed by atoms with E-state index in [1.165, 1.54) is 11.1 Å². The Hall–Kier alpha value is -0.850. The summed E-state index contributed by atoms with van der Waals surface area (Å²) in [5, 5.41) is 0. The third-order valence-electron chi connectivity index (χ3n) is 2.37. The van der Waals surface area contributed by atoms with E-state index < -0.39 is 0 Å². The van der Waals surface area contributed by atoms with E-state index in [0.29, 0.717) is 0 Å². The highest BCUT2D eigenvalue weighted by Gasteiger charge is 2.24. The van der Waals surface area contributed by atoms with Crippen LogP contribution in [0.15, 0.2) is 28.8 Å². The van der Waals surface area contributed by atoms with Crippen LogP contribution in [0.5, 0.6) is 0 Å². The molecule has 0 unspecified atom stereocenters. The summed E-state index contributed by atoms with van der Waals surface area (Å²) in [6.07, 6.45) is 3.92. The fourth-order valence-electron chi connectivity index (χ4n) is 1.62. The zero-order valence-corrected chi connectivity index (χ0v) is 11.3. The molecule has 0 saturated carbocycles. The van der Waals surface area contributed by atoms with Crippen LogP contribution in [0.25, 0.3) is 0 Å². The standard InChI is InChI=1S/C14H25N/c1-9-11(13(2,3)4)12(10-15-8)14(5,6)7/h9-10H,1H2,2-8H3/b12-11-,15-10-. The van der Waals surface area contributed by atoms with E-state index in [0.717, 1.165) is 0 Å². The van der Waals surface area contributed by atoms with Crippen molar-refractivity contribution in [3.05, 3.63) is 23.8 Å². The molecule has 1 nitrogen and oxygen atoms in total. The van der Waals surface area contributed by atoms with Crippen molar-refractivity contribution in [3.63, 3.8) is 0 Å². The lowest BCUT2D eigenvalue weighted by Crippen LogP contribution is -2.19. The predicted molar refractivity (Wildman–Crippen MR) is 70.5 cm³/mol. The van der Waals surface area contributed by atoms with Gasteiger partial charge in [-0.1, -0.05) is 54.2 Å². The molecule has 0 aromatic heterocycles. The van der Waals surface area contributed by atoms with Gasteiger partial charge >= 0.3 is 0 Å². The Bertz CT molecular complexity index is 279. The number of allylic oxidation sites excluding steroid dienone is 3. The smallest absolute Gasteiger partial charge is 0.0277 e. The molecule has 0 heterocycles. The maximum atomic E-state index is 4.15. The molecule has 0 aromatic rings. The molecule has 0 aromatic carbocycles. The minimum absolute atomic E-state index is 0.107. The zero-order chi connectivity index (χ0) is 12.3. The van der Waals surface area contributed by atoms with Crippen molar-refractivity contribution in [1.29, 1.82) is 0 Å². The number of rotatable bonds is 2. The normalized spacial score (nSPS) is 15.4. The lowest BCUT2D eigenvalue weighted by Gasteiger charge is -2.29. The Morgan fingerprint density at radius 1 is 0.933 bits per heavy atom. The predicted octanol–water partition coefficient (Wildman–Crippen LogP) is 4.26. The van der Waals surface area contributed by atoms with E-state index in [1.54, 1.807) is 0 Å². The molecule has 0 spiro atoms. The lowest BCUT2D eigenvalue weighted by molar-refractivity contribution is 0.470. The van der Waals surface area contributed by atoms with Gasteiger partial charge in [-0.3, -0.25) is 4.99 Å². The van der Waals surface area contributed by atoms with Crippen molar-refractivity contribution in [2.75, 3.05) is 7.05 Å². The van der Waals surface area contributed by atoms with Gasteiger partial charge in [0.2, 0.25) is 0 Å². The van der Waals surface area contributed by atoms with Crippen LogP contribution in [0.1, 0.15) is 41.5 Å². The maximum Gasteiger partial charge on any atom is 0.0277 e. The molecule has 0 bridgehead atoms. The number of aliphatic imine (C=N–C) groups is 1. The van der Waals surface area contributed by atoms with Crippen molar-refractivity contribution < 1.29 is 0 Å². The van der Waals surface area contributed by atoms with Crippen LogP contribution in [0.2, 0.25) is 0 Å². The van der Waals surface area contributed by atoms with Gasteiger partial charge < -0.3 is 0 Å². The minimum Gasteiger partial charge on any atom is -0.296 e. The van der Waals surface area contributed by atoms with Crippen molar-refractivity contribution in [2.45, 2.75) is 41.5 Å². The van der Waals surface area contributed by atoms with E-state index in [2.05, 4.69) is 53.1 Å². The van der Waals surface area contributed by atoms with E-state index in [4.69, 9.17) is 0 Å². The quantitative estimate of drug-likeness (QED) is 0.474. The summed E-state index contributed by atoms with van der Waals surface area (Å²) >= 11 is 0. The maximum absolute atomic E-state index is 4.15. The van der Waals surface area contributed by atoms with Crippen LogP contribution < -0.4 is 0 Å². The number of hydrogen-bond donors (Lipinski definition) is 0. The fraction of sp³-hybridized carbons (Fsp3) is 0.643. The van der Waals surface area contributed by atoms with Gasteiger partial charge in [-0.05, 0) is 22.0 Å². The molecular formula is C14H25N. The lowest BCUT2D eigenvalue weighted by atomic mass is 9.75. The van der Waals surface area contributed by atoms with Crippen LogP contribution in [0.3, 0.4) is 0 Å². The molecular weight excluding hydrogens is 182 g/mol. The first-order valence-electron chi connectivity index (χ1n) is 5.44. The Kier molecular flexibility index (Phi) is 4.51. The SMILES string of the molecule is C=C/C(=C(\C=N/C)C(C)(C)C)C(C)(C)C. The van der Waals surface area contributed by atoms with Crippen LogP contribution in [0.4, 0.5) is 0 Å². The second-order valence-corrected chi connectivity index (χ2v) is 5.92. The van der Waals surface area contributed by atoms with Gasteiger partial charge in [0, 0.05) is 13.3 Å². The van der Waals surface area contributed by atoms with Gasteiger partial charge in [-0.15, -0.1) is 0 Å². The Balaban J connectivity index is 5.72. The second kappa shape index (κ2) is 4.78. The topological polar surface area (TPSA) is 12.4 Å². The molecule has 0 N–H and O–H groups in total. The van der Waals surface area contributed by atoms with E-state index in [9.17, 15) is 0 Å². The first kappa shape index (κ1) is 14.2. The number of nitrogens with zero attached hydrogens (tertiary/aromatic N) is 1. The minimum atomic E-state index is 0.107. The Morgan fingerprint density at radius 2 is 1.33 bits per heavy atom. The molecule has 0 radical (unpaired) electrons. The average molecular weight is 207 g/mol. The summed E-state index contributed by atoms with van der Waals surface area (Å²) in [6.45, 7) is 17.2. The third kappa shape index (κ3) is 4.03. The highest BCUT2D eigenvalue weighted by Crippen LogP contribution is 2.35. The van der Waals surface area contributed by atoms with Crippen molar-refractivity contribution in [1.82, 2.24) is 0 Å². The fourth-order valence-corrected chi connectivity index (χ4v) is 1.62. The zero-order valence-electron chi connectivity index (χ0n) is 11.3. The van der Waals surface area contributed by atoms with Crippen LogP contribution >= 0.6 is 0 Å². The van der Waals surface area contributed by atoms with Crippen molar-refractivity contribution in [3.8, 4) is 0 Å². The number of hydrogen-bond acceptors (Lipinski definition) is 1. The highest BCUT2D eigenvalue weighted by molar-refractivity contribution is 5.82.